The molecular formula is C20H22N2. The van der Waals surface area contributed by atoms with E-state index in [0.717, 1.165) is 17.9 Å². The fourth-order valence-corrected chi connectivity index (χ4v) is 3.20. The van der Waals surface area contributed by atoms with Gasteiger partial charge in [0, 0.05) is 0 Å². The molecule has 3 rings (SSSR count). The van der Waals surface area contributed by atoms with Crippen LogP contribution in [0.15, 0.2) is 48.5 Å². The number of hydrogen-bond donors (Lipinski definition) is 1. The Hall–Kier alpha value is -2.11. The van der Waals surface area contributed by atoms with E-state index in [-0.39, 0.29) is 0 Å². The lowest BCUT2D eigenvalue weighted by Crippen LogP contribution is -2.27. The van der Waals surface area contributed by atoms with E-state index in [1.807, 2.05) is 18.2 Å². The van der Waals surface area contributed by atoms with Gasteiger partial charge in [0.2, 0.25) is 0 Å². The van der Waals surface area contributed by atoms with E-state index in [1.165, 1.54) is 43.5 Å². The average Bonchev–Trinajstić information content (AvgIpc) is 2.61. The summed E-state index contributed by atoms with van der Waals surface area (Å²) in [5.41, 5.74) is 4.47. The maximum Gasteiger partial charge on any atom is 0.187 e. The Morgan fingerprint density at radius 3 is 2.50 bits per heavy atom. The molecule has 1 aliphatic rings. The molecular weight excluding hydrogens is 268 g/mol. The van der Waals surface area contributed by atoms with Gasteiger partial charge in [-0.15, -0.1) is 0 Å². The molecule has 1 N–H and O–H groups in total. The van der Waals surface area contributed by atoms with Crippen molar-refractivity contribution in [3.8, 4) is 11.1 Å². The minimum atomic E-state index is 0.706. The van der Waals surface area contributed by atoms with Crippen LogP contribution in [-0.2, 0) is 6.42 Å². The van der Waals surface area contributed by atoms with Crippen molar-refractivity contribution in [2.75, 3.05) is 13.1 Å². The van der Waals surface area contributed by atoms with Crippen LogP contribution in [0.2, 0.25) is 0 Å². The van der Waals surface area contributed by atoms with Gasteiger partial charge in [-0.1, -0.05) is 42.5 Å². The third kappa shape index (κ3) is 3.75. The molecule has 22 heavy (non-hydrogen) atoms. The number of piperidine rings is 1. The molecule has 0 aliphatic carbocycles. The number of benzene rings is 2. The van der Waals surface area contributed by atoms with Gasteiger partial charge in [-0.25, -0.2) is 4.85 Å². The third-order valence-electron chi connectivity index (χ3n) is 4.54. The van der Waals surface area contributed by atoms with Crippen LogP contribution >= 0.6 is 0 Å². The Kier molecular flexibility index (Phi) is 4.88. The van der Waals surface area contributed by atoms with E-state index in [1.54, 1.807) is 0 Å². The lowest BCUT2D eigenvalue weighted by Gasteiger charge is -2.22. The summed E-state index contributed by atoms with van der Waals surface area (Å²) in [7, 11) is 0. The first-order chi connectivity index (χ1) is 10.8. The molecule has 2 aromatic carbocycles. The van der Waals surface area contributed by atoms with Crippen molar-refractivity contribution in [1.29, 1.82) is 0 Å². The fraction of sp³-hybridized carbons (Fsp3) is 0.350. The van der Waals surface area contributed by atoms with Gasteiger partial charge in [-0.05, 0) is 67.4 Å². The Bertz CT molecular complexity index is 663. The molecule has 0 aromatic heterocycles. The molecule has 2 heteroatoms. The van der Waals surface area contributed by atoms with E-state index in [0.29, 0.717) is 5.69 Å². The maximum atomic E-state index is 7.14. The van der Waals surface area contributed by atoms with Crippen molar-refractivity contribution >= 4 is 5.69 Å². The molecule has 0 unspecified atom stereocenters. The van der Waals surface area contributed by atoms with Crippen molar-refractivity contribution in [3.63, 3.8) is 0 Å². The Morgan fingerprint density at radius 1 is 1.00 bits per heavy atom. The van der Waals surface area contributed by atoms with Crippen LogP contribution in [-0.4, -0.2) is 13.1 Å². The van der Waals surface area contributed by atoms with Gasteiger partial charge in [-0.3, -0.25) is 0 Å². The SMILES string of the molecule is [C-]#[N+]c1cccc(-c2cccc(CCC3CCNCC3)c2)c1. The zero-order valence-electron chi connectivity index (χ0n) is 12.9. The van der Waals surface area contributed by atoms with Gasteiger partial charge in [-0.2, -0.15) is 0 Å². The molecule has 0 atom stereocenters. The minimum absolute atomic E-state index is 0.706. The lowest BCUT2D eigenvalue weighted by atomic mass is 9.91. The van der Waals surface area contributed by atoms with Gasteiger partial charge in [0.25, 0.3) is 0 Å². The first kappa shape index (κ1) is 14.8. The molecule has 112 valence electrons. The summed E-state index contributed by atoms with van der Waals surface area (Å²) in [4.78, 5) is 3.52. The Labute approximate surface area is 133 Å². The molecule has 0 spiro atoms. The van der Waals surface area contributed by atoms with E-state index in [2.05, 4.69) is 40.5 Å². The summed E-state index contributed by atoms with van der Waals surface area (Å²) in [6.45, 7) is 9.49. The summed E-state index contributed by atoms with van der Waals surface area (Å²) in [6.07, 6.45) is 5.06. The molecule has 0 radical (unpaired) electrons. The molecule has 1 aliphatic heterocycles. The topological polar surface area (TPSA) is 16.4 Å². The maximum absolute atomic E-state index is 7.14. The fourth-order valence-electron chi connectivity index (χ4n) is 3.20. The third-order valence-corrected chi connectivity index (χ3v) is 4.54. The van der Waals surface area contributed by atoms with Crippen LogP contribution in [0.5, 0.6) is 0 Å². The summed E-state index contributed by atoms with van der Waals surface area (Å²) < 4.78 is 0. The van der Waals surface area contributed by atoms with Crippen molar-refractivity contribution < 1.29 is 0 Å². The second-order valence-electron chi connectivity index (χ2n) is 6.09. The molecule has 1 fully saturated rings. The number of aryl methyl sites for hydroxylation is 1. The van der Waals surface area contributed by atoms with Crippen LogP contribution < -0.4 is 5.32 Å². The number of rotatable bonds is 4. The highest BCUT2D eigenvalue weighted by atomic mass is 14.9. The van der Waals surface area contributed by atoms with Gasteiger partial charge < -0.3 is 5.32 Å². The molecule has 0 bridgehead atoms. The zero-order valence-corrected chi connectivity index (χ0v) is 12.9. The van der Waals surface area contributed by atoms with E-state index >= 15 is 0 Å². The average molecular weight is 290 g/mol. The number of hydrogen-bond acceptors (Lipinski definition) is 1. The van der Waals surface area contributed by atoms with Crippen molar-refractivity contribution in [2.45, 2.75) is 25.7 Å². The quantitative estimate of drug-likeness (QED) is 0.797. The number of nitrogens with zero attached hydrogens (tertiary/aromatic N) is 1. The zero-order chi connectivity index (χ0) is 15.2. The predicted octanol–water partition coefficient (Wildman–Crippen LogP) is 4.84. The van der Waals surface area contributed by atoms with Crippen LogP contribution in [0, 0.1) is 12.5 Å². The van der Waals surface area contributed by atoms with E-state index < -0.39 is 0 Å². The monoisotopic (exact) mass is 290 g/mol. The first-order valence-corrected chi connectivity index (χ1v) is 8.13. The highest BCUT2D eigenvalue weighted by Crippen LogP contribution is 2.26. The number of nitrogens with one attached hydrogen (secondary N) is 1. The van der Waals surface area contributed by atoms with Gasteiger partial charge >= 0.3 is 0 Å². The predicted molar refractivity (Wildman–Crippen MR) is 92.1 cm³/mol. The summed E-state index contributed by atoms with van der Waals surface area (Å²) >= 11 is 0. The van der Waals surface area contributed by atoms with Gasteiger partial charge in [0.15, 0.2) is 5.69 Å². The standard InChI is InChI=1S/C20H22N2/c1-21-20-7-3-6-19(15-20)18-5-2-4-17(14-18)9-8-16-10-12-22-13-11-16/h2-7,14-16,22H,8-13H2. The largest absolute Gasteiger partial charge is 0.317 e. The molecule has 2 aromatic rings. The molecule has 1 saturated heterocycles. The lowest BCUT2D eigenvalue weighted by molar-refractivity contribution is 0.354. The van der Waals surface area contributed by atoms with Crippen LogP contribution in [0.1, 0.15) is 24.8 Å². The van der Waals surface area contributed by atoms with Crippen molar-refractivity contribution in [1.82, 2.24) is 5.32 Å². The second-order valence-corrected chi connectivity index (χ2v) is 6.09. The highest BCUT2D eigenvalue weighted by molar-refractivity contribution is 5.68. The molecule has 0 amide bonds. The van der Waals surface area contributed by atoms with Crippen LogP contribution in [0.3, 0.4) is 0 Å². The van der Waals surface area contributed by atoms with Crippen LogP contribution in [0.25, 0.3) is 16.0 Å². The Morgan fingerprint density at radius 2 is 1.73 bits per heavy atom. The smallest absolute Gasteiger partial charge is 0.187 e. The summed E-state index contributed by atoms with van der Waals surface area (Å²) in [5, 5.41) is 3.43. The second kappa shape index (κ2) is 7.24. The summed E-state index contributed by atoms with van der Waals surface area (Å²) in [6, 6.07) is 16.7. The Balaban J connectivity index is 1.70. The van der Waals surface area contributed by atoms with Gasteiger partial charge in [0.05, 0.1) is 6.57 Å². The van der Waals surface area contributed by atoms with Crippen LogP contribution in [0.4, 0.5) is 5.69 Å². The minimum Gasteiger partial charge on any atom is -0.317 e. The van der Waals surface area contributed by atoms with Gasteiger partial charge in [0.1, 0.15) is 0 Å². The normalized spacial score (nSPS) is 15.4. The highest BCUT2D eigenvalue weighted by Gasteiger charge is 2.12. The molecule has 2 nitrogen and oxygen atoms in total. The molecule has 1 heterocycles. The molecule has 0 saturated carbocycles. The van der Waals surface area contributed by atoms with Crippen molar-refractivity contribution in [3.05, 3.63) is 65.5 Å². The van der Waals surface area contributed by atoms with E-state index in [4.69, 9.17) is 6.57 Å². The van der Waals surface area contributed by atoms with Crippen molar-refractivity contribution in [2.24, 2.45) is 5.92 Å². The van der Waals surface area contributed by atoms with E-state index in [9.17, 15) is 0 Å². The first-order valence-electron chi connectivity index (χ1n) is 8.13. The summed E-state index contributed by atoms with van der Waals surface area (Å²) in [5.74, 6) is 0.871.